The van der Waals surface area contributed by atoms with E-state index in [1.807, 2.05) is 48.5 Å². The lowest BCUT2D eigenvalue weighted by Crippen LogP contribution is -2.38. The number of pyridine rings is 1. The second-order valence-electron chi connectivity index (χ2n) is 8.17. The molecule has 37 heavy (non-hydrogen) atoms. The highest BCUT2D eigenvalue weighted by Gasteiger charge is 2.20. The van der Waals surface area contributed by atoms with Gasteiger partial charge in [0.1, 0.15) is 17.9 Å². The molecule has 0 aliphatic rings. The molecular formula is C25H23N5O6P+. The lowest BCUT2D eigenvalue weighted by atomic mass is 10.1. The number of nitrogen functional groups attached to an aromatic ring is 1. The fourth-order valence-corrected chi connectivity index (χ4v) is 3.95. The van der Waals surface area contributed by atoms with Crippen molar-refractivity contribution in [1.29, 1.82) is 0 Å². The van der Waals surface area contributed by atoms with Gasteiger partial charge in [0.2, 0.25) is 6.73 Å². The molecule has 11 nitrogen and oxygen atoms in total. The number of fused-ring (bicyclic) bond motifs is 1. The quantitative estimate of drug-likeness (QED) is 0.194. The van der Waals surface area contributed by atoms with Crippen molar-refractivity contribution in [2.75, 3.05) is 5.73 Å². The van der Waals surface area contributed by atoms with E-state index in [1.54, 1.807) is 30.6 Å². The van der Waals surface area contributed by atoms with Crippen LogP contribution < -0.4 is 15.0 Å². The number of hydrogen-bond donors (Lipinski definition) is 3. The van der Waals surface area contributed by atoms with Crippen LogP contribution in [0.5, 0.6) is 5.75 Å². The molecule has 0 spiro atoms. The first-order valence-corrected chi connectivity index (χ1v) is 12.7. The average Bonchev–Trinajstić information content (AvgIpc) is 3.35. The zero-order valence-electron chi connectivity index (χ0n) is 19.5. The van der Waals surface area contributed by atoms with Gasteiger partial charge in [0, 0.05) is 12.5 Å². The largest absolute Gasteiger partial charge is 0.487 e. The Bertz CT molecular complexity index is 1580. The van der Waals surface area contributed by atoms with Crippen LogP contribution in [0.4, 0.5) is 5.82 Å². The monoisotopic (exact) mass is 520 g/mol. The Morgan fingerprint density at radius 2 is 1.78 bits per heavy atom. The molecule has 0 fully saturated rings. The third-order valence-electron chi connectivity index (χ3n) is 5.50. The van der Waals surface area contributed by atoms with Gasteiger partial charge in [0.05, 0.1) is 34.8 Å². The van der Waals surface area contributed by atoms with E-state index < -0.39 is 14.6 Å². The van der Waals surface area contributed by atoms with Crippen molar-refractivity contribution < 1.29 is 32.7 Å². The third-order valence-corrected chi connectivity index (χ3v) is 5.95. The molecule has 0 bridgehead atoms. The molecule has 0 unspecified atom stereocenters. The number of para-hydroxylation sites is 2. The van der Waals surface area contributed by atoms with Crippen LogP contribution in [0.2, 0.25) is 0 Å². The van der Waals surface area contributed by atoms with Gasteiger partial charge in [-0.15, -0.1) is 0 Å². The first-order valence-electron chi connectivity index (χ1n) is 11.2. The van der Waals surface area contributed by atoms with Gasteiger partial charge in [-0.3, -0.25) is 10.7 Å². The molecule has 12 heteroatoms. The maximum Gasteiger partial charge on any atom is 0.472 e. The first-order chi connectivity index (χ1) is 17.8. The summed E-state index contributed by atoms with van der Waals surface area (Å²) in [5.41, 5.74) is 10.8. The topological polar surface area (TPSA) is 158 Å². The lowest BCUT2D eigenvalue weighted by molar-refractivity contribution is -0.711. The SMILES string of the molecule is Nc1c(-c2cc(Cc3ccc(OCc4cnc5ccccc5n4)cc3)no2)ccc[n+]1COP(=O)(O)O. The Morgan fingerprint density at radius 1 is 1.00 bits per heavy atom. The summed E-state index contributed by atoms with van der Waals surface area (Å²) in [5.74, 6) is 1.35. The van der Waals surface area contributed by atoms with Gasteiger partial charge in [0.15, 0.2) is 5.76 Å². The molecule has 5 rings (SSSR count). The van der Waals surface area contributed by atoms with E-state index in [0.717, 1.165) is 22.3 Å². The molecule has 0 aliphatic carbocycles. The van der Waals surface area contributed by atoms with E-state index in [0.29, 0.717) is 35.8 Å². The van der Waals surface area contributed by atoms with Crippen molar-refractivity contribution in [3.05, 3.63) is 96.1 Å². The van der Waals surface area contributed by atoms with E-state index in [1.165, 1.54) is 4.57 Å². The molecular weight excluding hydrogens is 497 g/mol. The van der Waals surface area contributed by atoms with Crippen LogP contribution in [0.1, 0.15) is 17.0 Å². The van der Waals surface area contributed by atoms with Gasteiger partial charge in [-0.25, -0.2) is 18.6 Å². The Labute approximate surface area is 211 Å². The summed E-state index contributed by atoms with van der Waals surface area (Å²) in [6, 6.07) is 20.5. The highest BCUT2D eigenvalue weighted by Crippen LogP contribution is 2.35. The Kier molecular flexibility index (Phi) is 6.93. The van der Waals surface area contributed by atoms with E-state index in [-0.39, 0.29) is 5.82 Å². The van der Waals surface area contributed by atoms with Crippen LogP contribution in [0.15, 0.2) is 83.6 Å². The smallest absolute Gasteiger partial charge is 0.472 e. The number of hydrogen-bond acceptors (Lipinski definition) is 8. The fourth-order valence-electron chi connectivity index (χ4n) is 3.68. The fraction of sp³-hybridized carbons (Fsp3) is 0.120. The van der Waals surface area contributed by atoms with E-state index >= 15 is 0 Å². The average molecular weight is 520 g/mol. The Hall–Kier alpha value is -4.15. The van der Waals surface area contributed by atoms with Gasteiger partial charge >= 0.3 is 7.82 Å². The molecule has 0 saturated heterocycles. The molecule has 3 heterocycles. The first kappa shape index (κ1) is 24.5. The number of nitrogens with zero attached hydrogens (tertiary/aromatic N) is 4. The third kappa shape index (κ3) is 6.16. The summed E-state index contributed by atoms with van der Waals surface area (Å²) < 4.78 is 28.2. The number of benzene rings is 2. The number of phosphoric ester groups is 1. The van der Waals surface area contributed by atoms with Crippen molar-refractivity contribution >= 4 is 24.7 Å². The lowest BCUT2D eigenvalue weighted by Gasteiger charge is -2.07. The second-order valence-corrected chi connectivity index (χ2v) is 9.41. The highest BCUT2D eigenvalue weighted by molar-refractivity contribution is 7.46. The minimum absolute atomic E-state index is 0.219. The highest BCUT2D eigenvalue weighted by atomic mass is 31.2. The molecule has 2 aromatic carbocycles. The molecule has 0 amide bonds. The summed E-state index contributed by atoms with van der Waals surface area (Å²) >= 11 is 0. The van der Waals surface area contributed by atoms with E-state index in [9.17, 15) is 4.57 Å². The molecule has 0 saturated carbocycles. The second kappa shape index (κ2) is 10.5. The summed E-state index contributed by atoms with van der Waals surface area (Å²) in [5, 5.41) is 4.13. The van der Waals surface area contributed by atoms with Gasteiger partial charge in [0.25, 0.3) is 5.82 Å². The molecule has 0 radical (unpaired) electrons. The predicted octanol–water partition coefficient (Wildman–Crippen LogP) is 3.39. The zero-order valence-corrected chi connectivity index (χ0v) is 20.4. The molecule has 4 N–H and O–H groups in total. The minimum atomic E-state index is -4.63. The molecule has 0 aliphatic heterocycles. The number of rotatable bonds is 9. The van der Waals surface area contributed by atoms with E-state index in [2.05, 4.69) is 19.6 Å². The van der Waals surface area contributed by atoms with Gasteiger partial charge in [-0.1, -0.05) is 29.4 Å². The van der Waals surface area contributed by atoms with Crippen molar-refractivity contribution in [2.24, 2.45) is 0 Å². The van der Waals surface area contributed by atoms with Crippen LogP contribution in [0.25, 0.3) is 22.4 Å². The van der Waals surface area contributed by atoms with Crippen LogP contribution in [-0.2, 0) is 28.8 Å². The Balaban J connectivity index is 1.21. The van der Waals surface area contributed by atoms with Crippen LogP contribution >= 0.6 is 7.82 Å². The summed E-state index contributed by atoms with van der Waals surface area (Å²) in [4.78, 5) is 26.8. The number of ether oxygens (including phenoxy) is 1. The van der Waals surface area contributed by atoms with Crippen molar-refractivity contribution in [3.8, 4) is 17.1 Å². The summed E-state index contributed by atoms with van der Waals surface area (Å²) in [7, 11) is -4.63. The van der Waals surface area contributed by atoms with Crippen LogP contribution in [0.3, 0.4) is 0 Å². The predicted molar refractivity (Wildman–Crippen MR) is 133 cm³/mol. The summed E-state index contributed by atoms with van der Waals surface area (Å²) in [6.07, 6.45) is 3.78. The van der Waals surface area contributed by atoms with E-state index in [4.69, 9.17) is 24.8 Å². The molecule has 5 aromatic rings. The standard InChI is InChI=1S/C25H22N5O6P/c26-25-21(4-3-11-30(25)16-35-37(31,32)33)24-13-18(29-36-24)12-17-7-9-20(10-8-17)34-15-19-14-27-22-5-1-2-6-23(22)28-19/h1-11,13-14,26H,12,15-16H2,(H2,31,32,33)/p+1. The van der Waals surface area contributed by atoms with Crippen molar-refractivity contribution in [2.45, 2.75) is 19.8 Å². The van der Waals surface area contributed by atoms with Gasteiger partial charge < -0.3 is 19.0 Å². The molecule has 3 aromatic heterocycles. The number of nitrogens with two attached hydrogens (primary N) is 1. The normalized spacial score (nSPS) is 11.6. The number of anilines is 1. The van der Waals surface area contributed by atoms with Gasteiger partial charge in [-0.05, 0) is 42.0 Å². The Morgan fingerprint density at radius 3 is 2.57 bits per heavy atom. The summed E-state index contributed by atoms with van der Waals surface area (Å²) in [6.45, 7) is -0.103. The van der Waals surface area contributed by atoms with Crippen LogP contribution in [0, 0.1) is 0 Å². The number of phosphoric acid groups is 1. The van der Waals surface area contributed by atoms with Crippen molar-refractivity contribution in [1.82, 2.24) is 15.1 Å². The van der Waals surface area contributed by atoms with Crippen molar-refractivity contribution in [3.63, 3.8) is 0 Å². The zero-order chi connectivity index (χ0) is 25.8. The minimum Gasteiger partial charge on any atom is -0.487 e. The van der Waals surface area contributed by atoms with Crippen LogP contribution in [-0.4, -0.2) is 24.9 Å². The van der Waals surface area contributed by atoms with Gasteiger partial charge in [-0.2, -0.15) is 0 Å². The molecule has 188 valence electrons. The molecule has 0 atom stereocenters. The maximum absolute atomic E-state index is 11.0. The number of aromatic nitrogens is 4. The maximum atomic E-state index is 11.0.